The number of nitrogens with one attached hydrogen (secondary N) is 1. The molecule has 0 amide bonds. The fourth-order valence-corrected chi connectivity index (χ4v) is 1.75. The summed E-state index contributed by atoms with van der Waals surface area (Å²) < 4.78 is 0.604. The van der Waals surface area contributed by atoms with Gasteiger partial charge in [-0.1, -0.05) is 0 Å². The highest BCUT2D eigenvalue weighted by Crippen LogP contribution is 2.46. The fourth-order valence-electron chi connectivity index (χ4n) is 1.02. The predicted octanol–water partition coefficient (Wildman–Crippen LogP) is 2.27. The number of rotatable bonds is 3. The van der Waals surface area contributed by atoms with Crippen LogP contribution in [0.3, 0.4) is 0 Å². The van der Waals surface area contributed by atoms with Gasteiger partial charge in [0.2, 0.25) is 0 Å². The molecule has 66 valence electrons. The predicted molar refractivity (Wildman–Crippen MR) is 53.2 cm³/mol. The summed E-state index contributed by atoms with van der Waals surface area (Å²) in [5.41, 5.74) is 0.283. The van der Waals surface area contributed by atoms with Crippen LogP contribution in [-0.2, 0) is 0 Å². The zero-order chi connectivity index (χ0) is 8.54. The Kier molecular flexibility index (Phi) is 2.55. The molecule has 0 aliphatic heterocycles. The van der Waals surface area contributed by atoms with Crippen molar-refractivity contribution in [1.29, 1.82) is 0 Å². The second-order valence-electron chi connectivity index (χ2n) is 4.49. The minimum Gasteiger partial charge on any atom is -0.311 e. The summed E-state index contributed by atoms with van der Waals surface area (Å²) in [4.78, 5) is 0. The topological polar surface area (TPSA) is 12.0 Å². The van der Waals surface area contributed by atoms with Gasteiger partial charge in [0.1, 0.15) is 0 Å². The van der Waals surface area contributed by atoms with Crippen LogP contribution < -0.4 is 5.32 Å². The van der Waals surface area contributed by atoms with Gasteiger partial charge in [-0.25, -0.2) is 0 Å². The molecule has 1 aliphatic carbocycles. The van der Waals surface area contributed by atoms with E-state index in [4.69, 9.17) is 0 Å². The number of hydrogen-bond acceptors (Lipinski definition) is 2. The molecule has 11 heavy (non-hydrogen) atoms. The molecule has 0 aromatic heterocycles. The molecule has 0 atom stereocenters. The van der Waals surface area contributed by atoms with E-state index in [1.54, 1.807) is 0 Å². The zero-order valence-corrected chi connectivity index (χ0v) is 8.85. The van der Waals surface area contributed by atoms with Crippen molar-refractivity contribution in [3.8, 4) is 0 Å². The minimum absolute atomic E-state index is 0.283. The molecule has 0 unspecified atom stereocenters. The largest absolute Gasteiger partial charge is 0.311 e. The molecular formula is C9H19NS. The summed E-state index contributed by atoms with van der Waals surface area (Å²) in [5.74, 6) is 0. The highest BCUT2D eigenvalue weighted by Gasteiger charge is 2.41. The van der Waals surface area contributed by atoms with E-state index >= 15 is 0 Å². The van der Waals surface area contributed by atoms with Crippen LogP contribution in [0.2, 0.25) is 0 Å². The van der Waals surface area contributed by atoms with Crippen LogP contribution in [0.15, 0.2) is 0 Å². The molecule has 1 fully saturated rings. The van der Waals surface area contributed by atoms with Crippen LogP contribution >= 0.6 is 11.8 Å². The molecular weight excluding hydrogens is 154 g/mol. The lowest BCUT2D eigenvalue weighted by Crippen LogP contribution is -2.40. The van der Waals surface area contributed by atoms with E-state index in [0.29, 0.717) is 4.75 Å². The Morgan fingerprint density at radius 1 is 1.36 bits per heavy atom. The monoisotopic (exact) mass is 173 g/mol. The normalized spacial score (nSPS) is 21.8. The van der Waals surface area contributed by atoms with Crippen molar-refractivity contribution in [3.05, 3.63) is 0 Å². The molecule has 0 radical (unpaired) electrons. The summed E-state index contributed by atoms with van der Waals surface area (Å²) in [6.07, 6.45) is 5.02. The molecule has 1 nitrogen and oxygen atoms in total. The Morgan fingerprint density at radius 2 is 1.91 bits per heavy atom. The highest BCUT2D eigenvalue weighted by atomic mass is 32.2. The third-order valence-corrected chi connectivity index (χ3v) is 3.60. The van der Waals surface area contributed by atoms with Gasteiger partial charge in [-0.05, 0) is 39.9 Å². The first-order chi connectivity index (χ1) is 4.97. The first-order valence-corrected chi connectivity index (χ1v) is 5.50. The van der Waals surface area contributed by atoms with Gasteiger partial charge in [0.25, 0.3) is 0 Å². The molecule has 0 bridgehead atoms. The van der Waals surface area contributed by atoms with Crippen LogP contribution in [0.25, 0.3) is 0 Å². The molecule has 1 N–H and O–H groups in total. The Labute approximate surface area is 74.3 Å². The second-order valence-corrected chi connectivity index (χ2v) is 5.76. The SMILES string of the molecule is CSC1(CNC(C)(C)C)CC1. The van der Waals surface area contributed by atoms with Crippen LogP contribution in [0.4, 0.5) is 0 Å². The summed E-state index contributed by atoms with van der Waals surface area (Å²) in [5, 5.41) is 3.55. The Bertz CT molecular complexity index is 133. The third-order valence-electron chi connectivity index (χ3n) is 2.18. The molecule has 0 heterocycles. The molecule has 2 heteroatoms. The van der Waals surface area contributed by atoms with Gasteiger partial charge in [-0.3, -0.25) is 0 Å². The summed E-state index contributed by atoms with van der Waals surface area (Å²) in [6.45, 7) is 7.86. The van der Waals surface area contributed by atoms with Gasteiger partial charge in [0, 0.05) is 16.8 Å². The van der Waals surface area contributed by atoms with Crippen LogP contribution in [0.5, 0.6) is 0 Å². The maximum absolute atomic E-state index is 3.55. The van der Waals surface area contributed by atoms with Crippen molar-refractivity contribution >= 4 is 11.8 Å². The van der Waals surface area contributed by atoms with Gasteiger partial charge in [0.05, 0.1) is 0 Å². The molecule has 1 rings (SSSR count). The number of thioether (sulfide) groups is 1. The zero-order valence-electron chi connectivity index (χ0n) is 8.03. The molecule has 0 spiro atoms. The third kappa shape index (κ3) is 3.04. The lowest BCUT2D eigenvalue weighted by Gasteiger charge is -2.24. The summed E-state index contributed by atoms with van der Waals surface area (Å²) in [7, 11) is 0. The maximum Gasteiger partial charge on any atom is 0.0282 e. The first-order valence-electron chi connectivity index (χ1n) is 4.28. The molecule has 0 saturated heterocycles. The fraction of sp³-hybridized carbons (Fsp3) is 1.00. The van der Waals surface area contributed by atoms with E-state index in [2.05, 4.69) is 32.3 Å². The van der Waals surface area contributed by atoms with Crippen molar-refractivity contribution in [2.75, 3.05) is 12.8 Å². The standard InChI is InChI=1S/C9H19NS/c1-8(2,3)10-7-9(11-4)5-6-9/h10H,5-7H2,1-4H3. The highest BCUT2D eigenvalue weighted by molar-refractivity contribution is 8.00. The van der Waals surface area contributed by atoms with Crippen LogP contribution in [-0.4, -0.2) is 23.1 Å². The van der Waals surface area contributed by atoms with Crippen molar-refractivity contribution in [2.24, 2.45) is 0 Å². The van der Waals surface area contributed by atoms with Crippen LogP contribution in [0.1, 0.15) is 33.6 Å². The van der Waals surface area contributed by atoms with Gasteiger partial charge in [-0.2, -0.15) is 11.8 Å². The molecule has 1 saturated carbocycles. The maximum atomic E-state index is 3.55. The lowest BCUT2D eigenvalue weighted by atomic mass is 10.1. The van der Waals surface area contributed by atoms with Crippen molar-refractivity contribution < 1.29 is 0 Å². The molecule has 1 aliphatic rings. The van der Waals surface area contributed by atoms with E-state index in [9.17, 15) is 0 Å². The average Bonchev–Trinajstić information content (AvgIpc) is 2.63. The summed E-state index contributed by atoms with van der Waals surface area (Å²) >= 11 is 2.02. The van der Waals surface area contributed by atoms with E-state index in [0.717, 1.165) is 0 Å². The van der Waals surface area contributed by atoms with Gasteiger partial charge >= 0.3 is 0 Å². The van der Waals surface area contributed by atoms with Gasteiger partial charge in [-0.15, -0.1) is 0 Å². The van der Waals surface area contributed by atoms with E-state index < -0.39 is 0 Å². The van der Waals surface area contributed by atoms with Crippen LogP contribution in [0, 0.1) is 0 Å². The Balaban J connectivity index is 2.22. The smallest absolute Gasteiger partial charge is 0.0282 e. The molecule has 0 aromatic rings. The minimum atomic E-state index is 0.283. The number of hydrogen-bond donors (Lipinski definition) is 1. The van der Waals surface area contributed by atoms with Gasteiger partial charge in [0.15, 0.2) is 0 Å². The van der Waals surface area contributed by atoms with E-state index in [1.165, 1.54) is 19.4 Å². The Hall–Kier alpha value is 0.310. The van der Waals surface area contributed by atoms with Crippen molar-refractivity contribution in [1.82, 2.24) is 5.32 Å². The first kappa shape index (κ1) is 9.40. The van der Waals surface area contributed by atoms with Crippen molar-refractivity contribution in [2.45, 2.75) is 43.9 Å². The van der Waals surface area contributed by atoms with Gasteiger partial charge < -0.3 is 5.32 Å². The lowest BCUT2D eigenvalue weighted by molar-refractivity contribution is 0.423. The summed E-state index contributed by atoms with van der Waals surface area (Å²) in [6, 6.07) is 0. The quantitative estimate of drug-likeness (QED) is 0.702. The molecule has 0 aromatic carbocycles. The van der Waals surface area contributed by atoms with E-state index in [1.807, 2.05) is 11.8 Å². The van der Waals surface area contributed by atoms with E-state index in [-0.39, 0.29) is 5.54 Å². The average molecular weight is 173 g/mol. The second kappa shape index (κ2) is 2.98. The van der Waals surface area contributed by atoms with Crippen molar-refractivity contribution in [3.63, 3.8) is 0 Å². The Morgan fingerprint density at radius 3 is 2.18 bits per heavy atom.